The van der Waals surface area contributed by atoms with Crippen LogP contribution in [-0.4, -0.2) is 86.9 Å². The molecule has 0 saturated carbocycles. The highest BCUT2D eigenvalue weighted by atomic mass is 16.5. The number of furan rings is 1. The molecular formula is C20H32N4O4. The summed E-state index contributed by atoms with van der Waals surface area (Å²) >= 11 is 0. The van der Waals surface area contributed by atoms with E-state index in [2.05, 4.69) is 17.1 Å². The SMILES string of the molecule is CCNC(=NCCCOCC1CCCO1)N1CCN(C(=O)c2ccco2)CC1. The lowest BCUT2D eigenvalue weighted by atomic mass is 10.2. The molecule has 1 N–H and O–H groups in total. The first-order valence-corrected chi connectivity index (χ1v) is 10.3. The molecule has 0 bridgehead atoms. The summed E-state index contributed by atoms with van der Waals surface area (Å²) in [6, 6.07) is 3.45. The van der Waals surface area contributed by atoms with E-state index in [0.717, 1.165) is 58.0 Å². The van der Waals surface area contributed by atoms with Crippen molar-refractivity contribution >= 4 is 11.9 Å². The van der Waals surface area contributed by atoms with E-state index in [1.807, 2.05) is 4.90 Å². The van der Waals surface area contributed by atoms with Gasteiger partial charge in [-0.05, 0) is 38.3 Å². The van der Waals surface area contributed by atoms with Gasteiger partial charge in [0.25, 0.3) is 5.91 Å². The van der Waals surface area contributed by atoms with E-state index in [1.54, 1.807) is 12.1 Å². The number of nitrogens with zero attached hydrogens (tertiary/aromatic N) is 3. The Morgan fingerprint density at radius 1 is 1.32 bits per heavy atom. The van der Waals surface area contributed by atoms with Crippen molar-refractivity contribution in [3.05, 3.63) is 24.2 Å². The van der Waals surface area contributed by atoms with Gasteiger partial charge in [-0.3, -0.25) is 9.79 Å². The number of guanidine groups is 1. The normalized spacial score (nSPS) is 20.6. The van der Waals surface area contributed by atoms with Crippen LogP contribution in [0.4, 0.5) is 0 Å². The summed E-state index contributed by atoms with van der Waals surface area (Å²) in [5.74, 6) is 1.26. The minimum atomic E-state index is -0.0463. The number of hydrogen-bond acceptors (Lipinski definition) is 5. The number of rotatable bonds is 8. The van der Waals surface area contributed by atoms with Crippen molar-refractivity contribution in [3.63, 3.8) is 0 Å². The lowest BCUT2D eigenvalue weighted by Crippen LogP contribution is -2.53. The zero-order chi connectivity index (χ0) is 19.6. The van der Waals surface area contributed by atoms with Crippen LogP contribution in [0.25, 0.3) is 0 Å². The molecule has 2 aliphatic heterocycles. The van der Waals surface area contributed by atoms with Gasteiger partial charge in [-0.2, -0.15) is 0 Å². The second-order valence-corrected chi connectivity index (χ2v) is 7.06. The molecule has 1 amide bonds. The largest absolute Gasteiger partial charge is 0.459 e. The summed E-state index contributed by atoms with van der Waals surface area (Å²) in [5, 5.41) is 3.35. The van der Waals surface area contributed by atoms with Crippen molar-refractivity contribution in [2.45, 2.75) is 32.3 Å². The van der Waals surface area contributed by atoms with Gasteiger partial charge in [0.1, 0.15) is 0 Å². The van der Waals surface area contributed by atoms with E-state index in [1.165, 1.54) is 6.26 Å². The van der Waals surface area contributed by atoms with Gasteiger partial charge < -0.3 is 29.0 Å². The van der Waals surface area contributed by atoms with Crippen LogP contribution in [0.3, 0.4) is 0 Å². The first-order chi connectivity index (χ1) is 13.8. The van der Waals surface area contributed by atoms with Crippen molar-refractivity contribution in [2.24, 2.45) is 4.99 Å². The average Bonchev–Trinajstić information content (AvgIpc) is 3.43. The van der Waals surface area contributed by atoms with E-state index >= 15 is 0 Å². The second-order valence-electron chi connectivity index (χ2n) is 7.06. The highest BCUT2D eigenvalue weighted by molar-refractivity contribution is 5.91. The molecule has 1 aromatic heterocycles. The predicted molar refractivity (Wildman–Crippen MR) is 107 cm³/mol. The highest BCUT2D eigenvalue weighted by Crippen LogP contribution is 2.12. The molecule has 1 atom stereocenters. The fourth-order valence-electron chi connectivity index (χ4n) is 3.45. The molecule has 1 unspecified atom stereocenters. The Balaban J connectivity index is 1.38. The molecule has 156 valence electrons. The van der Waals surface area contributed by atoms with Gasteiger partial charge in [-0.15, -0.1) is 0 Å². The van der Waals surface area contributed by atoms with Crippen molar-refractivity contribution in [1.82, 2.24) is 15.1 Å². The van der Waals surface area contributed by atoms with E-state index in [0.29, 0.717) is 32.1 Å². The van der Waals surface area contributed by atoms with Crippen molar-refractivity contribution in [1.29, 1.82) is 0 Å². The van der Waals surface area contributed by atoms with E-state index in [4.69, 9.17) is 18.9 Å². The van der Waals surface area contributed by atoms with Crippen molar-refractivity contribution < 1.29 is 18.7 Å². The Hall–Kier alpha value is -2.06. The third kappa shape index (κ3) is 5.97. The van der Waals surface area contributed by atoms with E-state index in [9.17, 15) is 4.79 Å². The standard InChI is InChI=1S/C20H32N4O4/c1-2-21-20(22-8-5-13-26-16-17-6-3-14-27-17)24-11-9-23(10-12-24)19(25)18-7-4-15-28-18/h4,7,15,17H,2-3,5-6,8-14,16H2,1H3,(H,21,22). The number of piperazine rings is 1. The summed E-state index contributed by atoms with van der Waals surface area (Å²) in [6.45, 7) is 8.70. The molecule has 2 saturated heterocycles. The van der Waals surface area contributed by atoms with Gasteiger partial charge in [0.15, 0.2) is 11.7 Å². The molecular weight excluding hydrogens is 360 g/mol. The van der Waals surface area contributed by atoms with Crippen molar-refractivity contribution in [3.8, 4) is 0 Å². The number of carbonyl (C=O) groups excluding carboxylic acids is 1. The second kappa shape index (κ2) is 11.1. The fourth-order valence-corrected chi connectivity index (χ4v) is 3.45. The summed E-state index contributed by atoms with van der Waals surface area (Å²) in [4.78, 5) is 21.1. The molecule has 8 nitrogen and oxygen atoms in total. The van der Waals surface area contributed by atoms with Gasteiger partial charge in [0.05, 0.1) is 19.0 Å². The van der Waals surface area contributed by atoms with Gasteiger partial charge in [-0.1, -0.05) is 0 Å². The molecule has 2 fully saturated rings. The molecule has 0 aliphatic carbocycles. The van der Waals surface area contributed by atoms with Crippen LogP contribution in [0.1, 0.15) is 36.7 Å². The van der Waals surface area contributed by atoms with Crippen LogP contribution in [0.2, 0.25) is 0 Å². The zero-order valence-corrected chi connectivity index (χ0v) is 16.8. The molecule has 8 heteroatoms. The number of carbonyl (C=O) groups is 1. The molecule has 0 aromatic carbocycles. The van der Waals surface area contributed by atoms with Crippen molar-refractivity contribution in [2.75, 3.05) is 59.1 Å². The van der Waals surface area contributed by atoms with E-state index < -0.39 is 0 Å². The first kappa shape index (κ1) is 20.7. The summed E-state index contributed by atoms with van der Waals surface area (Å²) in [7, 11) is 0. The third-order valence-corrected chi connectivity index (χ3v) is 4.97. The van der Waals surface area contributed by atoms with Crippen LogP contribution in [0.5, 0.6) is 0 Å². The average molecular weight is 393 g/mol. The smallest absolute Gasteiger partial charge is 0.289 e. The van der Waals surface area contributed by atoms with Crippen LogP contribution in [0.15, 0.2) is 27.8 Å². The van der Waals surface area contributed by atoms with Gasteiger partial charge >= 0.3 is 0 Å². The predicted octanol–water partition coefficient (Wildman–Crippen LogP) is 1.59. The Kier molecular flexibility index (Phi) is 8.17. The molecule has 0 radical (unpaired) electrons. The van der Waals surface area contributed by atoms with Crippen LogP contribution in [-0.2, 0) is 9.47 Å². The lowest BCUT2D eigenvalue weighted by molar-refractivity contribution is 0.0170. The van der Waals surface area contributed by atoms with Gasteiger partial charge in [-0.25, -0.2) is 0 Å². The van der Waals surface area contributed by atoms with Gasteiger partial charge in [0, 0.05) is 52.5 Å². The summed E-state index contributed by atoms with van der Waals surface area (Å²) in [5.41, 5.74) is 0. The molecule has 1 aromatic rings. The summed E-state index contributed by atoms with van der Waals surface area (Å²) < 4.78 is 16.5. The Labute approximate surface area is 166 Å². The topological polar surface area (TPSA) is 79.5 Å². The monoisotopic (exact) mass is 392 g/mol. The van der Waals surface area contributed by atoms with Crippen LogP contribution in [0, 0.1) is 0 Å². The molecule has 3 heterocycles. The molecule has 3 rings (SSSR count). The number of aliphatic imine (C=N–C) groups is 1. The van der Waals surface area contributed by atoms with Crippen LogP contribution < -0.4 is 5.32 Å². The number of nitrogens with one attached hydrogen (secondary N) is 1. The maximum atomic E-state index is 12.4. The molecule has 0 spiro atoms. The minimum absolute atomic E-state index is 0.0463. The third-order valence-electron chi connectivity index (χ3n) is 4.97. The molecule has 28 heavy (non-hydrogen) atoms. The first-order valence-electron chi connectivity index (χ1n) is 10.3. The maximum absolute atomic E-state index is 12.4. The van der Waals surface area contributed by atoms with Crippen LogP contribution >= 0.6 is 0 Å². The number of hydrogen-bond donors (Lipinski definition) is 1. The van der Waals surface area contributed by atoms with E-state index in [-0.39, 0.29) is 12.0 Å². The Morgan fingerprint density at radius 3 is 2.82 bits per heavy atom. The highest BCUT2D eigenvalue weighted by Gasteiger charge is 2.25. The number of amides is 1. The zero-order valence-electron chi connectivity index (χ0n) is 16.8. The lowest BCUT2D eigenvalue weighted by Gasteiger charge is -2.36. The maximum Gasteiger partial charge on any atom is 0.289 e. The Morgan fingerprint density at radius 2 is 2.14 bits per heavy atom. The molecule has 2 aliphatic rings. The Bertz CT molecular complexity index is 606. The quantitative estimate of drug-likeness (QED) is 0.411. The summed E-state index contributed by atoms with van der Waals surface area (Å²) in [6.07, 6.45) is 4.95. The minimum Gasteiger partial charge on any atom is -0.459 e. The fraction of sp³-hybridized carbons (Fsp3) is 0.700. The number of ether oxygens (including phenoxy) is 2. The van der Waals surface area contributed by atoms with Gasteiger partial charge in [0.2, 0.25) is 0 Å².